The summed E-state index contributed by atoms with van der Waals surface area (Å²) in [6.45, 7) is 5.76. The Morgan fingerprint density at radius 3 is 1.79 bits per heavy atom. The predicted molar refractivity (Wildman–Crippen MR) is 157 cm³/mol. The molecule has 0 aliphatic heterocycles. The molecule has 210 valence electrons. The highest BCUT2D eigenvalue weighted by atomic mass is 19.1. The minimum absolute atomic E-state index is 0.224. The lowest BCUT2D eigenvalue weighted by molar-refractivity contribution is 0.627. The number of fused-ring (bicyclic) bond motifs is 2. The number of hydrogen-bond donors (Lipinski definition) is 0. The maximum absolute atomic E-state index is 13.6. The van der Waals surface area contributed by atoms with Crippen LogP contribution in [-0.4, -0.2) is 39.5 Å². The molecule has 8 nitrogen and oxygen atoms in total. The van der Waals surface area contributed by atoms with Crippen molar-refractivity contribution in [2.24, 2.45) is 0 Å². The van der Waals surface area contributed by atoms with Crippen LogP contribution in [0.4, 0.5) is 8.78 Å². The van der Waals surface area contributed by atoms with Gasteiger partial charge in [-0.15, -0.1) is 0 Å². The third-order valence-electron chi connectivity index (χ3n) is 7.59. The molecule has 2 aromatic carbocycles. The molecule has 0 unspecified atom stereocenters. The van der Waals surface area contributed by atoms with Gasteiger partial charge in [-0.05, 0) is 86.7 Å². The summed E-state index contributed by atoms with van der Waals surface area (Å²) < 4.78 is 31.4. The second kappa shape index (κ2) is 10.5. The summed E-state index contributed by atoms with van der Waals surface area (Å²) in [6.07, 6.45) is 10.3. The summed E-state index contributed by atoms with van der Waals surface area (Å²) in [5, 5.41) is 16.1. The zero-order valence-electron chi connectivity index (χ0n) is 23.1. The van der Waals surface area contributed by atoms with Gasteiger partial charge < -0.3 is 9.13 Å². The van der Waals surface area contributed by atoms with Gasteiger partial charge in [-0.25, -0.2) is 18.7 Å². The van der Waals surface area contributed by atoms with E-state index in [-0.39, 0.29) is 11.6 Å². The van der Waals surface area contributed by atoms with E-state index in [4.69, 9.17) is 0 Å². The van der Waals surface area contributed by atoms with Gasteiger partial charge in [0.25, 0.3) is 0 Å². The lowest BCUT2D eigenvalue weighted by Crippen LogP contribution is -1.99. The molecule has 8 rings (SSSR count). The SMILES string of the molecule is C=Cc1cc(-c2nc3ccc(F)cc3n2C2CC2)cnn1.CCc1cc(-c2nc3ccc(F)cc3n2C2CC2)cnn1. The van der Waals surface area contributed by atoms with E-state index < -0.39 is 0 Å². The largest absolute Gasteiger partial charge is 0.321 e. The van der Waals surface area contributed by atoms with Crippen molar-refractivity contribution in [3.8, 4) is 22.8 Å². The molecule has 0 amide bonds. The molecule has 2 aliphatic carbocycles. The van der Waals surface area contributed by atoms with Gasteiger partial charge in [0.2, 0.25) is 0 Å². The van der Waals surface area contributed by atoms with Gasteiger partial charge in [0.1, 0.15) is 23.3 Å². The van der Waals surface area contributed by atoms with E-state index in [0.29, 0.717) is 17.8 Å². The molecule has 2 fully saturated rings. The first kappa shape index (κ1) is 26.1. The van der Waals surface area contributed by atoms with E-state index in [2.05, 4.69) is 46.1 Å². The molecule has 0 spiro atoms. The highest BCUT2D eigenvalue weighted by Gasteiger charge is 2.30. The van der Waals surface area contributed by atoms with Crippen molar-refractivity contribution < 1.29 is 8.78 Å². The quantitative estimate of drug-likeness (QED) is 0.214. The van der Waals surface area contributed by atoms with E-state index in [1.54, 1.807) is 42.7 Å². The predicted octanol–water partition coefficient (Wildman–Crippen LogP) is 7.14. The molecule has 0 radical (unpaired) electrons. The van der Waals surface area contributed by atoms with Crippen LogP contribution in [0.15, 0.2) is 67.5 Å². The van der Waals surface area contributed by atoms with Crippen LogP contribution in [0.2, 0.25) is 0 Å². The van der Waals surface area contributed by atoms with Gasteiger partial charge in [-0.3, -0.25) is 0 Å². The Hall–Kier alpha value is -4.86. The molecule has 0 N–H and O–H groups in total. The number of benzene rings is 2. The minimum atomic E-state index is -0.240. The summed E-state index contributed by atoms with van der Waals surface area (Å²) >= 11 is 0. The van der Waals surface area contributed by atoms with Crippen molar-refractivity contribution in [1.82, 2.24) is 39.5 Å². The number of imidazole rings is 2. The molecular formula is C32H28F2N8. The fourth-order valence-corrected chi connectivity index (χ4v) is 5.26. The minimum Gasteiger partial charge on any atom is -0.321 e. The van der Waals surface area contributed by atoms with Crippen LogP contribution in [-0.2, 0) is 6.42 Å². The van der Waals surface area contributed by atoms with Crippen molar-refractivity contribution in [3.05, 3.63) is 90.5 Å². The van der Waals surface area contributed by atoms with Gasteiger partial charge >= 0.3 is 0 Å². The number of aryl methyl sites for hydroxylation is 1. The Kier molecular flexibility index (Phi) is 6.53. The molecular weight excluding hydrogens is 534 g/mol. The van der Waals surface area contributed by atoms with Crippen molar-refractivity contribution in [2.45, 2.75) is 51.1 Å². The van der Waals surface area contributed by atoms with Crippen LogP contribution in [0.25, 0.3) is 50.9 Å². The van der Waals surface area contributed by atoms with Gasteiger partial charge in [-0.2, -0.15) is 20.4 Å². The Morgan fingerprint density at radius 2 is 1.29 bits per heavy atom. The second-order valence-corrected chi connectivity index (χ2v) is 10.7. The summed E-state index contributed by atoms with van der Waals surface area (Å²) in [5.41, 5.74) is 6.80. The van der Waals surface area contributed by atoms with Crippen molar-refractivity contribution >= 4 is 28.1 Å². The fourth-order valence-electron chi connectivity index (χ4n) is 5.26. The zero-order valence-corrected chi connectivity index (χ0v) is 23.1. The highest BCUT2D eigenvalue weighted by Crippen LogP contribution is 2.42. The Morgan fingerprint density at radius 1 is 0.762 bits per heavy atom. The molecule has 4 aromatic heterocycles. The summed E-state index contributed by atoms with van der Waals surface area (Å²) in [4.78, 5) is 9.34. The Balaban J connectivity index is 0.000000137. The van der Waals surface area contributed by atoms with Crippen LogP contribution < -0.4 is 0 Å². The molecule has 0 bridgehead atoms. The number of nitrogens with zero attached hydrogens (tertiary/aromatic N) is 8. The van der Waals surface area contributed by atoms with Gasteiger partial charge in [0.05, 0.1) is 45.8 Å². The van der Waals surface area contributed by atoms with E-state index in [1.807, 2.05) is 19.1 Å². The van der Waals surface area contributed by atoms with E-state index >= 15 is 0 Å². The zero-order chi connectivity index (χ0) is 28.8. The molecule has 10 heteroatoms. The van der Waals surface area contributed by atoms with Gasteiger partial charge in [-0.1, -0.05) is 13.5 Å². The van der Waals surface area contributed by atoms with Crippen LogP contribution in [0.3, 0.4) is 0 Å². The van der Waals surface area contributed by atoms with Crippen LogP contribution in [0.1, 0.15) is 56.1 Å². The maximum atomic E-state index is 13.6. The number of rotatable bonds is 6. The van der Waals surface area contributed by atoms with Crippen molar-refractivity contribution in [3.63, 3.8) is 0 Å². The fraction of sp³-hybridized carbons (Fsp3) is 0.250. The number of halogens is 2. The molecule has 6 aromatic rings. The molecule has 42 heavy (non-hydrogen) atoms. The first-order valence-electron chi connectivity index (χ1n) is 14.1. The summed E-state index contributed by atoms with van der Waals surface area (Å²) in [5.74, 6) is 1.22. The van der Waals surface area contributed by atoms with Crippen molar-refractivity contribution in [1.29, 1.82) is 0 Å². The van der Waals surface area contributed by atoms with Gasteiger partial charge in [0.15, 0.2) is 0 Å². The van der Waals surface area contributed by atoms with E-state index in [9.17, 15) is 8.78 Å². The maximum Gasteiger partial charge on any atom is 0.143 e. The summed E-state index contributed by atoms with van der Waals surface area (Å²) in [7, 11) is 0. The molecule has 0 saturated heterocycles. The molecule has 4 heterocycles. The smallest absolute Gasteiger partial charge is 0.143 e. The Labute approximate surface area is 240 Å². The normalized spacial score (nSPS) is 14.6. The van der Waals surface area contributed by atoms with Gasteiger partial charge in [0, 0.05) is 23.2 Å². The first-order valence-corrected chi connectivity index (χ1v) is 14.1. The van der Waals surface area contributed by atoms with Crippen LogP contribution in [0.5, 0.6) is 0 Å². The van der Waals surface area contributed by atoms with E-state index in [0.717, 1.165) is 82.6 Å². The van der Waals surface area contributed by atoms with Crippen LogP contribution >= 0.6 is 0 Å². The highest BCUT2D eigenvalue weighted by molar-refractivity contribution is 5.82. The lowest BCUT2D eigenvalue weighted by Gasteiger charge is -2.08. The Bertz CT molecular complexity index is 1950. The van der Waals surface area contributed by atoms with Crippen LogP contribution in [0, 0.1) is 11.6 Å². The standard InChI is InChI=1S/C16H15FN4.C16H13FN4/c2*1-2-12-7-10(9-18-20-12)16-19-14-6-3-11(17)8-15(14)21(16)13-4-5-13/h3,6-9,13H,2,4-5H2,1H3;2-3,6-9,13H,1,4-5H2. The molecule has 2 saturated carbocycles. The average molecular weight is 563 g/mol. The molecule has 2 aliphatic rings. The second-order valence-electron chi connectivity index (χ2n) is 10.7. The number of aromatic nitrogens is 8. The third-order valence-corrected chi connectivity index (χ3v) is 7.59. The lowest BCUT2D eigenvalue weighted by atomic mass is 10.2. The average Bonchev–Trinajstić information content (AvgIpc) is 3.96. The topological polar surface area (TPSA) is 87.2 Å². The summed E-state index contributed by atoms with van der Waals surface area (Å²) in [6, 6.07) is 14.2. The monoisotopic (exact) mass is 562 g/mol. The van der Waals surface area contributed by atoms with Crippen molar-refractivity contribution in [2.75, 3.05) is 0 Å². The molecule has 0 atom stereocenters. The van der Waals surface area contributed by atoms with E-state index in [1.165, 1.54) is 12.1 Å². The third kappa shape index (κ3) is 4.93. The number of hydrogen-bond acceptors (Lipinski definition) is 6. The first-order chi connectivity index (χ1) is 20.5.